The highest BCUT2D eigenvalue weighted by molar-refractivity contribution is 6.14. The Bertz CT molecular complexity index is 2140. The van der Waals surface area contributed by atoms with Crippen LogP contribution in [0.5, 0.6) is 0 Å². The summed E-state index contributed by atoms with van der Waals surface area (Å²) in [5, 5.41) is 10.5. The van der Waals surface area contributed by atoms with E-state index in [0.29, 0.717) is 0 Å². The van der Waals surface area contributed by atoms with E-state index in [1.165, 1.54) is 27.1 Å². The van der Waals surface area contributed by atoms with Crippen molar-refractivity contribution in [3.05, 3.63) is 145 Å². The van der Waals surface area contributed by atoms with E-state index in [1.807, 2.05) is 26.1 Å². The average molecular weight is 542 g/mol. The van der Waals surface area contributed by atoms with Crippen LogP contribution in [0.25, 0.3) is 65.9 Å². The first-order valence-corrected chi connectivity index (χ1v) is 14.6. The van der Waals surface area contributed by atoms with Crippen molar-refractivity contribution in [3.63, 3.8) is 0 Å². The Morgan fingerprint density at radius 2 is 1.17 bits per heavy atom. The van der Waals surface area contributed by atoms with E-state index in [9.17, 15) is 0 Å². The Balaban J connectivity index is 0.00000141. The van der Waals surface area contributed by atoms with Gasteiger partial charge in [0.05, 0.1) is 28.5 Å². The van der Waals surface area contributed by atoms with E-state index in [1.54, 1.807) is 0 Å². The first kappa shape index (κ1) is 25.7. The second kappa shape index (κ2) is 10.9. The second-order valence-corrected chi connectivity index (χ2v) is 10.3. The minimum atomic E-state index is 0.196. The standard InChI is InChI=1S/C37H25N3.C2H6/c1-2-8-29-28(7-1)23-32(31-10-4-3-9-30(29)31)35-21-19-27-17-16-26-18-20-34(39-36(26)37(27)40-35)25-14-12-24(13-15-25)33-11-5-6-22-38-33;1-2/h1-23,33,38H;1-2H3. The molecule has 0 aliphatic carbocycles. The maximum atomic E-state index is 5.26. The maximum absolute atomic E-state index is 5.26. The molecule has 1 atom stereocenters. The number of hydrogen-bond donors (Lipinski definition) is 1. The molecule has 1 aliphatic heterocycles. The Morgan fingerprint density at radius 1 is 0.548 bits per heavy atom. The third-order valence-electron chi connectivity index (χ3n) is 7.92. The Labute approximate surface area is 245 Å². The molecule has 0 amide bonds. The van der Waals surface area contributed by atoms with E-state index in [0.717, 1.165) is 44.3 Å². The fourth-order valence-electron chi connectivity index (χ4n) is 5.86. The molecule has 2 aromatic heterocycles. The van der Waals surface area contributed by atoms with Gasteiger partial charge < -0.3 is 5.32 Å². The SMILES string of the molecule is C1=CNC(c2ccc(-c3ccc4ccc5ccc(-c6cc7ccccc7c7ccccc67)nc5c4n3)cc2)C=C1.CC. The van der Waals surface area contributed by atoms with Crippen LogP contribution in [0.15, 0.2) is 140 Å². The van der Waals surface area contributed by atoms with Crippen molar-refractivity contribution >= 4 is 43.4 Å². The van der Waals surface area contributed by atoms with Gasteiger partial charge in [-0.25, -0.2) is 9.97 Å². The van der Waals surface area contributed by atoms with Gasteiger partial charge in [-0.3, -0.25) is 0 Å². The summed E-state index contributed by atoms with van der Waals surface area (Å²) in [6.07, 6.45) is 8.23. The number of pyridine rings is 2. The van der Waals surface area contributed by atoms with Crippen molar-refractivity contribution in [2.75, 3.05) is 0 Å². The van der Waals surface area contributed by atoms with Gasteiger partial charge in [-0.2, -0.15) is 0 Å². The summed E-state index contributed by atoms with van der Waals surface area (Å²) in [5.41, 5.74) is 7.21. The van der Waals surface area contributed by atoms with Crippen LogP contribution < -0.4 is 5.32 Å². The number of fused-ring (bicyclic) bond motifs is 6. The highest BCUT2D eigenvalue weighted by atomic mass is 14.9. The van der Waals surface area contributed by atoms with Crippen molar-refractivity contribution in [2.24, 2.45) is 0 Å². The Hall–Kier alpha value is -5.28. The number of rotatable bonds is 3. The van der Waals surface area contributed by atoms with Gasteiger partial charge in [-0.05, 0) is 57.6 Å². The van der Waals surface area contributed by atoms with Crippen molar-refractivity contribution < 1.29 is 0 Å². The first-order valence-electron chi connectivity index (χ1n) is 14.6. The van der Waals surface area contributed by atoms with Crippen molar-refractivity contribution in [3.8, 4) is 22.5 Å². The zero-order valence-corrected chi connectivity index (χ0v) is 23.8. The zero-order chi connectivity index (χ0) is 28.5. The number of aromatic nitrogens is 2. The second-order valence-electron chi connectivity index (χ2n) is 10.3. The lowest BCUT2D eigenvalue weighted by atomic mass is 9.95. The van der Waals surface area contributed by atoms with Crippen molar-refractivity contribution in [2.45, 2.75) is 19.9 Å². The van der Waals surface area contributed by atoms with Crippen LogP contribution in [-0.2, 0) is 0 Å². The van der Waals surface area contributed by atoms with Gasteiger partial charge in [0.2, 0.25) is 0 Å². The molecule has 7 aromatic rings. The summed E-state index contributed by atoms with van der Waals surface area (Å²) in [4.78, 5) is 10.4. The lowest BCUT2D eigenvalue weighted by Gasteiger charge is -2.16. The highest BCUT2D eigenvalue weighted by Crippen LogP contribution is 2.36. The normalized spacial score (nSPS) is 14.2. The fraction of sp³-hybridized carbons (Fsp3) is 0.0769. The molecule has 8 rings (SSSR count). The van der Waals surface area contributed by atoms with Gasteiger partial charge in [0.1, 0.15) is 0 Å². The van der Waals surface area contributed by atoms with Crippen LogP contribution in [0.3, 0.4) is 0 Å². The molecular weight excluding hydrogens is 510 g/mol. The summed E-state index contributed by atoms with van der Waals surface area (Å²) in [7, 11) is 0. The number of allylic oxidation sites excluding steroid dienone is 2. The Kier molecular flexibility index (Phi) is 6.69. The lowest BCUT2D eigenvalue weighted by molar-refractivity contribution is 0.746. The molecule has 3 heteroatoms. The van der Waals surface area contributed by atoms with Crippen LogP contribution in [0.1, 0.15) is 25.5 Å². The van der Waals surface area contributed by atoms with Crippen LogP contribution in [0.4, 0.5) is 0 Å². The van der Waals surface area contributed by atoms with E-state index >= 15 is 0 Å². The predicted octanol–water partition coefficient (Wildman–Crippen LogP) is 10.2. The average Bonchev–Trinajstić information content (AvgIpc) is 3.09. The molecule has 3 heterocycles. The predicted molar refractivity (Wildman–Crippen MR) is 178 cm³/mol. The molecule has 1 aliphatic rings. The molecule has 5 aromatic carbocycles. The molecular formula is C39H31N3. The van der Waals surface area contributed by atoms with Gasteiger partial charge >= 0.3 is 0 Å². The van der Waals surface area contributed by atoms with Crippen molar-refractivity contribution in [1.82, 2.24) is 15.3 Å². The monoisotopic (exact) mass is 541 g/mol. The number of dihydropyridines is 1. The molecule has 3 nitrogen and oxygen atoms in total. The van der Waals surface area contributed by atoms with E-state index < -0.39 is 0 Å². The third-order valence-corrected chi connectivity index (χ3v) is 7.92. The molecule has 0 saturated heterocycles. The highest BCUT2D eigenvalue weighted by Gasteiger charge is 2.13. The summed E-state index contributed by atoms with van der Waals surface area (Å²) in [5.74, 6) is 0. The molecule has 1 unspecified atom stereocenters. The summed E-state index contributed by atoms with van der Waals surface area (Å²) in [6, 6.07) is 41.1. The first-order chi connectivity index (χ1) is 20.8. The number of nitrogens with zero attached hydrogens (tertiary/aromatic N) is 2. The van der Waals surface area contributed by atoms with Crippen molar-refractivity contribution in [1.29, 1.82) is 0 Å². The molecule has 0 fully saturated rings. The smallest absolute Gasteiger partial charge is 0.0972 e. The summed E-state index contributed by atoms with van der Waals surface area (Å²) in [6.45, 7) is 4.00. The minimum absolute atomic E-state index is 0.196. The number of hydrogen-bond acceptors (Lipinski definition) is 3. The lowest BCUT2D eigenvalue weighted by Crippen LogP contribution is -2.14. The summed E-state index contributed by atoms with van der Waals surface area (Å²) < 4.78 is 0. The topological polar surface area (TPSA) is 37.8 Å². The molecule has 202 valence electrons. The van der Waals surface area contributed by atoms with Gasteiger partial charge in [0.25, 0.3) is 0 Å². The maximum Gasteiger partial charge on any atom is 0.0972 e. The van der Waals surface area contributed by atoms with Crippen LogP contribution >= 0.6 is 0 Å². The fourth-order valence-corrected chi connectivity index (χ4v) is 5.86. The van der Waals surface area contributed by atoms with Gasteiger partial charge in [-0.15, -0.1) is 0 Å². The quantitative estimate of drug-likeness (QED) is 0.226. The molecule has 0 radical (unpaired) electrons. The number of nitrogens with one attached hydrogen (secondary N) is 1. The third kappa shape index (κ3) is 4.49. The van der Waals surface area contributed by atoms with E-state index in [2.05, 4.69) is 133 Å². The van der Waals surface area contributed by atoms with Gasteiger partial charge in [0, 0.05) is 21.9 Å². The Morgan fingerprint density at radius 3 is 1.88 bits per heavy atom. The minimum Gasteiger partial charge on any atom is -0.381 e. The van der Waals surface area contributed by atoms with E-state index in [4.69, 9.17) is 9.97 Å². The molecule has 0 saturated carbocycles. The molecule has 1 N–H and O–H groups in total. The van der Waals surface area contributed by atoms with Gasteiger partial charge in [-0.1, -0.05) is 123 Å². The van der Waals surface area contributed by atoms with Crippen LogP contribution in [-0.4, -0.2) is 9.97 Å². The van der Waals surface area contributed by atoms with Crippen LogP contribution in [0.2, 0.25) is 0 Å². The number of benzene rings is 5. The van der Waals surface area contributed by atoms with Gasteiger partial charge in [0.15, 0.2) is 0 Å². The zero-order valence-electron chi connectivity index (χ0n) is 23.8. The molecule has 42 heavy (non-hydrogen) atoms. The summed E-state index contributed by atoms with van der Waals surface area (Å²) >= 11 is 0. The van der Waals surface area contributed by atoms with Crippen LogP contribution in [0, 0.1) is 0 Å². The largest absolute Gasteiger partial charge is 0.381 e. The molecule has 0 bridgehead atoms. The molecule has 0 spiro atoms. The van der Waals surface area contributed by atoms with E-state index in [-0.39, 0.29) is 6.04 Å².